The predicted octanol–water partition coefficient (Wildman–Crippen LogP) is 6.64. The zero-order valence-electron chi connectivity index (χ0n) is 22.9. The lowest BCUT2D eigenvalue weighted by molar-refractivity contribution is -0.137. The Bertz CT molecular complexity index is 1470. The van der Waals surface area contributed by atoms with E-state index in [4.69, 9.17) is 4.74 Å². The lowest BCUT2D eigenvalue weighted by Crippen LogP contribution is -2.36. The Kier molecular flexibility index (Phi) is 7.55. The van der Waals surface area contributed by atoms with E-state index in [0.717, 1.165) is 19.0 Å². The van der Waals surface area contributed by atoms with E-state index < -0.39 is 23.4 Å². The number of likely N-dealkylation sites (tertiary alicyclic amines) is 1. The van der Waals surface area contributed by atoms with Gasteiger partial charge in [0, 0.05) is 42.5 Å². The van der Waals surface area contributed by atoms with Crippen LogP contribution in [0.4, 0.5) is 34.4 Å². The Hall–Kier alpha value is -3.55. The molecule has 0 radical (unpaired) electrons. The molecule has 1 saturated carbocycles. The molecule has 2 amide bonds. The topological polar surface area (TPSA) is 121 Å². The average Bonchev–Trinajstić information content (AvgIpc) is 3.57. The summed E-state index contributed by atoms with van der Waals surface area (Å²) in [6.45, 7) is 6.64. The normalized spacial score (nSPS) is 20.7. The molecule has 3 N–H and O–H groups in total. The van der Waals surface area contributed by atoms with Gasteiger partial charge in [-0.3, -0.25) is 5.32 Å². The molecule has 14 heteroatoms. The second-order valence-corrected chi connectivity index (χ2v) is 12.1. The van der Waals surface area contributed by atoms with Gasteiger partial charge in [-0.1, -0.05) is 6.07 Å². The van der Waals surface area contributed by atoms with Gasteiger partial charge in [-0.25, -0.2) is 19.6 Å². The third-order valence-corrected chi connectivity index (χ3v) is 8.12. The van der Waals surface area contributed by atoms with Gasteiger partial charge in [-0.15, -0.1) is 0 Å². The van der Waals surface area contributed by atoms with Crippen LogP contribution >= 0.6 is 15.9 Å². The summed E-state index contributed by atoms with van der Waals surface area (Å²) in [5.41, 5.74) is -0.702. The van der Waals surface area contributed by atoms with Crippen molar-refractivity contribution in [1.82, 2.24) is 19.9 Å². The molecule has 220 valence electrons. The molecule has 1 aliphatic heterocycles. The van der Waals surface area contributed by atoms with Crippen molar-refractivity contribution < 1.29 is 32.2 Å². The van der Waals surface area contributed by atoms with Gasteiger partial charge in [0.1, 0.15) is 11.2 Å². The second-order valence-electron chi connectivity index (χ2n) is 11.3. The number of nitrogens with one attached hydrogen (secondary N) is 3. The SMILES string of the molecule is COC(=O)Nc1ccc2c(-c3nc(NC4CC5CN(C(=O)OC(C)(C)C)CC5C4)ncc3C(F)(F)F)c[nH]c2c1Br. The number of carbonyl (C=O) groups is 2. The molecule has 41 heavy (non-hydrogen) atoms. The fraction of sp³-hybridized carbons (Fsp3) is 0.481. The van der Waals surface area contributed by atoms with Crippen LogP contribution in [-0.4, -0.2) is 63.9 Å². The highest BCUT2D eigenvalue weighted by Crippen LogP contribution is 2.43. The van der Waals surface area contributed by atoms with Crippen molar-refractivity contribution in [2.75, 3.05) is 30.8 Å². The fourth-order valence-corrected chi connectivity index (χ4v) is 6.12. The molecule has 2 fully saturated rings. The maximum atomic E-state index is 14.0. The number of halogens is 4. The number of benzene rings is 1. The summed E-state index contributed by atoms with van der Waals surface area (Å²) in [5, 5.41) is 6.25. The Balaban J connectivity index is 1.37. The second kappa shape index (κ2) is 10.7. The van der Waals surface area contributed by atoms with Gasteiger partial charge < -0.3 is 24.7 Å². The number of anilines is 2. The van der Waals surface area contributed by atoms with Gasteiger partial charge in [0.05, 0.1) is 28.5 Å². The number of fused-ring (bicyclic) bond motifs is 2. The molecule has 1 aromatic carbocycles. The van der Waals surface area contributed by atoms with E-state index in [1.807, 2.05) is 20.8 Å². The molecular weight excluding hydrogens is 609 g/mol. The highest BCUT2D eigenvalue weighted by molar-refractivity contribution is 9.10. The van der Waals surface area contributed by atoms with Gasteiger partial charge in [0.15, 0.2) is 0 Å². The van der Waals surface area contributed by atoms with Crippen molar-refractivity contribution in [1.29, 1.82) is 0 Å². The van der Waals surface area contributed by atoms with E-state index >= 15 is 0 Å². The summed E-state index contributed by atoms with van der Waals surface area (Å²) < 4.78 is 52.7. The summed E-state index contributed by atoms with van der Waals surface area (Å²) in [4.78, 5) is 37.2. The maximum Gasteiger partial charge on any atom is 0.419 e. The number of amides is 2. The molecule has 2 atom stereocenters. The molecular formula is C27H30BrF3N6O4. The van der Waals surface area contributed by atoms with Crippen LogP contribution in [0.3, 0.4) is 0 Å². The van der Waals surface area contributed by atoms with E-state index in [1.165, 1.54) is 13.3 Å². The van der Waals surface area contributed by atoms with Crippen LogP contribution in [0.5, 0.6) is 0 Å². The first kappa shape index (κ1) is 29.0. The number of aromatic nitrogens is 3. The van der Waals surface area contributed by atoms with Gasteiger partial charge in [0.25, 0.3) is 0 Å². The number of nitrogens with zero attached hydrogens (tertiary/aromatic N) is 3. The average molecular weight is 639 g/mol. The number of rotatable bonds is 4. The Morgan fingerprint density at radius 3 is 2.44 bits per heavy atom. The number of H-pyrrole nitrogens is 1. The lowest BCUT2D eigenvalue weighted by Gasteiger charge is -2.25. The Morgan fingerprint density at radius 2 is 1.83 bits per heavy atom. The van der Waals surface area contributed by atoms with Crippen molar-refractivity contribution in [3.05, 3.63) is 34.6 Å². The van der Waals surface area contributed by atoms with Crippen LogP contribution in [-0.2, 0) is 15.7 Å². The standard InChI is InChI=1S/C27H30BrF3N6O4/c1-26(2,3)41-25(39)37-11-13-7-15(8-14(13)12-37)34-23-33-10-18(27(29,30)31)21(36-23)17-9-32-22-16(17)5-6-19(20(22)28)35-24(38)40-4/h5-6,9-10,13-15,32H,7-8,11-12H2,1-4H3,(H,35,38)(H,33,34,36). The van der Waals surface area contributed by atoms with Crippen LogP contribution < -0.4 is 10.6 Å². The third kappa shape index (κ3) is 6.07. The van der Waals surface area contributed by atoms with Crippen LogP contribution in [0.2, 0.25) is 0 Å². The van der Waals surface area contributed by atoms with Crippen molar-refractivity contribution >= 4 is 50.7 Å². The zero-order chi connectivity index (χ0) is 29.7. The summed E-state index contributed by atoms with van der Waals surface area (Å²) in [5.74, 6) is 0.611. The monoisotopic (exact) mass is 638 g/mol. The molecule has 2 unspecified atom stereocenters. The molecule has 2 aromatic heterocycles. The number of aromatic amines is 1. The summed E-state index contributed by atoms with van der Waals surface area (Å²) >= 11 is 3.41. The summed E-state index contributed by atoms with van der Waals surface area (Å²) in [7, 11) is 1.23. The van der Waals surface area contributed by atoms with Crippen molar-refractivity contribution in [2.45, 2.75) is 51.4 Å². The van der Waals surface area contributed by atoms with E-state index in [1.54, 1.807) is 17.0 Å². The van der Waals surface area contributed by atoms with Gasteiger partial charge in [-0.2, -0.15) is 13.2 Å². The molecule has 3 aromatic rings. The molecule has 2 aliphatic rings. The molecule has 0 bridgehead atoms. The highest BCUT2D eigenvalue weighted by atomic mass is 79.9. The number of carbonyl (C=O) groups excluding carboxylic acids is 2. The molecule has 10 nitrogen and oxygen atoms in total. The number of alkyl halides is 3. The molecule has 1 aliphatic carbocycles. The van der Waals surface area contributed by atoms with Crippen molar-refractivity contribution in [3.63, 3.8) is 0 Å². The van der Waals surface area contributed by atoms with Crippen LogP contribution in [0, 0.1) is 11.8 Å². The minimum absolute atomic E-state index is 0.0422. The smallest absolute Gasteiger partial charge is 0.419 e. The fourth-order valence-electron chi connectivity index (χ4n) is 5.56. The predicted molar refractivity (Wildman–Crippen MR) is 149 cm³/mol. The zero-order valence-corrected chi connectivity index (χ0v) is 24.4. The van der Waals surface area contributed by atoms with E-state index in [2.05, 4.69) is 46.3 Å². The third-order valence-electron chi connectivity index (χ3n) is 7.30. The van der Waals surface area contributed by atoms with Crippen LogP contribution in [0.1, 0.15) is 39.2 Å². The summed E-state index contributed by atoms with van der Waals surface area (Å²) in [6.07, 6.45) is -1.98. The van der Waals surface area contributed by atoms with Gasteiger partial charge in [0.2, 0.25) is 5.95 Å². The number of ether oxygens (including phenoxy) is 2. The minimum Gasteiger partial charge on any atom is -0.453 e. The number of methoxy groups -OCH3 is 1. The Labute approximate surface area is 242 Å². The molecule has 1 saturated heterocycles. The first-order valence-electron chi connectivity index (χ1n) is 13.1. The van der Waals surface area contributed by atoms with Crippen molar-refractivity contribution in [2.24, 2.45) is 11.8 Å². The van der Waals surface area contributed by atoms with Crippen LogP contribution in [0.25, 0.3) is 22.2 Å². The first-order valence-corrected chi connectivity index (χ1v) is 13.9. The number of hydrogen-bond donors (Lipinski definition) is 3. The quantitative estimate of drug-likeness (QED) is 0.293. The molecule has 3 heterocycles. The summed E-state index contributed by atoms with van der Waals surface area (Å²) in [6, 6.07) is 3.12. The largest absolute Gasteiger partial charge is 0.453 e. The van der Waals surface area contributed by atoms with Crippen LogP contribution in [0.15, 0.2) is 29.0 Å². The molecule has 0 spiro atoms. The molecule has 5 rings (SSSR count). The minimum atomic E-state index is -4.68. The van der Waals surface area contributed by atoms with Gasteiger partial charge >= 0.3 is 18.4 Å². The van der Waals surface area contributed by atoms with Gasteiger partial charge in [-0.05, 0) is 67.4 Å². The van der Waals surface area contributed by atoms with E-state index in [-0.39, 0.29) is 41.2 Å². The lowest BCUT2D eigenvalue weighted by atomic mass is 10.0. The van der Waals surface area contributed by atoms with E-state index in [0.29, 0.717) is 34.2 Å². The highest BCUT2D eigenvalue weighted by Gasteiger charge is 2.44. The van der Waals surface area contributed by atoms with E-state index in [9.17, 15) is 22.8 Å². The Morgan fingerprint density at radius 1 is 1.15 bits per heavy atom. The maximum absolute atomic E-state index is 14.0. The number of hydrogen-bond acceptors (Lipinski definition) is 7. The van der Waals surface area contributed by atoms with Crippen molar-refractivity contribution in [3.8, 4) is 11.3 Å². The first-order chi connectivity index (χ1) is 19.2.